The molecular weight excluding hydrogens is 231 g/mol. The van der Waals surface area contributed by atoms with Gasteiger partial charge in [0.25, 0.3) is 27.1 Å². The van der Waals surface area contributed by atoms with E-state index in [1.807, 2.05) is 0 Å². The molecule has 0 radical (unpaired) electrons. The highest BCUT2D eigenvalue weighted by molar-refractivity contribution is 6.00. The van der Waals surface area contributed by atoms with Crippen molar-refractivity contribution in [3.63, 3.8) is 0 Å². The Bertz CT molecular complexity index is 802. The summed E-state index contributed by atoms with van der Waals surface area (Å²) < 4.78 is 4.50. The van der Waals surface area contributed by atoms with Crippen LogP contribution in [0.2, 0.25) is 0 Å². The molecule has 1 rings (SSSR count). The van der Waals surface area contributed by atoms with Gasteiger partial charge >= 0.3 is 8.05 Å². The molecule has 17 heavy (non-hydrogen) atoms. The van der Waals surface area contributed by atoms with Crippen LogP contribution >= 0.6 is 0 Å². The third-order valence-corrected chi connectivity index (χ3v) is 2.12. The van der Waals surface area contributed by atoms with Gasteiger partial charge in [-0.25, -0.2) is 0 Å². The molecule has 0 unspecified atom stereocenters. The van der Waals surface area contributed by atoms with E-state index in [4.69, 9.17) is 0 Å². The molecule has 86 valence electrons. The molecule has 0 atom stereocenters. The molecule has 8 heteroatoms. The zero-order valence-electron chi connectivity index (χ0n) is 8.86. The summed E-state index contributed by atoms with van der Waals surface area (Å²) in [5.74, 6) is -0.700. The highest BCUT2D eigenvalue weighted by atomic mass is 16.4. The van der Waals surface area contributed by atoms with Crippen molar-refractivity contribution in [3.8, 4) is 5.75 Å². The van der Waals surface area contributed by atoms with E-state index < -0.39 is 43.9 Å². The first-order valence-corrected chi connectivity index (χ1v) is 4.34. The fraction of sp³-hybridized carbons (Fsp3) is 0.111. The topological polar surface area (TPSA) is 112 Å². The van der Waals surface area contributed by atoms with E-state index in [0.717, 1.165) is 15.0 Å². The quantitative estimate of drug-likeness (QED) is 0.360. The molecular formula is C9H5BO7. The number of hydrogen-bond acceptors (Lipinski definition) is 7. The predicted molar refractivity (Wildman–Crippen MR) is 60.3 cm³/mol. The lowest BCUT2D eigenvalue weighted by Crippen LogP contribution is -2.53. The van der Waals surface area contributed by atoms with Crippen LogP contribution in [0.25, 0.3) is 0 Å². The molecule has 0 N–H and O–H groups in total. The fourth-order valence-corrected chi connectivity index (χ4v) is 1.21. The van der Waals surface area contributed by atoms with E-state index in [1.54, 1.807) is 0 Å². The van der Waals surface area contributed by atoms with Gasteiger partial charge < -0.3 is 4.65 Å². The maximum atomic E-state index is 11.4. The minimum atomic E-state index is -1.82. The van der Waals surface area contributed by atoms with Crippen molar-refractivity contribution >= 4 is 8.05 Å². The van der Waals surface area contributed by atoms with E-state index >= 15 is 0 Å². The van der Waals surface area contributed by atoms with Crippen LogP contribution < -0.4 is 37.2 Å². The van der Waals surface area contributed by atoms with Gasteiger partial charge in [0.15, 0.2) is 5.75 Å². The average Bonchev–Trinajstić information content (AvgIpc) is 2.33. The van der Waals surface area contributed by atoms with Gasteiger partial charge in [-0.2, -0.15) is 0 Å². The Hall–Kier alpha value is -2.38. The zero-order chi connectivity index (χ0) is 13.3. The Labute approximate surface area is 93.1 Å². The summed E-state index contributed by atoms with van der Waals surface area (Å²) in [7, 11) is 0.996. The van der Waals surface area contributed by atoms with Gasteiger partial charge in [0.1, 0.15) is 0 Å². The third-order valence-electron chi connectivity index (χ3n) is 2.12. The van der Waals surface area contributed by atoms with E-state index in [1.165, 1.54) is 0 Å². The van der Waals surface area contributed by atoms with Crippen LogP contribution in [0.1, 0.15) is 5.56 Å². The van der Waals surface area contributed by atoms with Crippen LogP contribution in [0.4, 0.5) is 0 Å². The maximum Gasteiger partial charge on any atom is 0.322 e. The molecule has 0 amide bonds. The Balaban J connectivity index is 4.48. The van der Waals surface area contributed by atoms with Gasteiger partial charge in [0.05, 0.1) is 0 Å². The van der Waals surface area contributed by atoms with Gasteiger partial charge in [0.2, 0.25) is 5.43 Å². The van der Waals surface area contributed by atoms with Crippen molar-refractivity contribution in [3.05, 3.63) is 66.9 Å². The van der Waals surface area contributed by atoms with Gasteiger partial charge in [-0.05, 0) is 6.92 Å². The molecule has 0 aliphatic heterocycles. The molecule has 0 heterocycles. The fourth-order valence-electron chi connectivity index (χ4n) is 1.21. The lowest BCUT2D eigenvalue weighted by molar-refractivity contribution is 0.602. The van der Waals surface area contributed by atoms with Crippen molar-refractivity contribution in [2.75, 3.05) is 0 Å². The van der Waals surface area contributed by atoms with Crippen molar-refractivity contribution in [1.82, 2.24) is 0 Å². The molecule has 0 spiro atoms. The summed E-state index contributed by atoms with van der Waals surface area (Å²) >= 11 is 0. The summed E-state index contributed by atoms with van der Waals surface area (Å²) in [5, 5.41) is 0. The highest BCUT2D eigenvalue weighted by Gasteiger charge is 2.14. The lowest BCUT2D eigenvalue weighted by atomic mass is 10.2. The Kier molecular flexibility index (Phi) is 3.17. The van der Waals surface area contributed by atoms with Gasteiger partial charge in [-0.3, -0.25) is 28.8 Å². The molecule has 0 aliphatic rings. The first-order chi connectivity index (χ1) is 7.82. The summed E-state index contributed by atoms with van der Waals surface area (Å²) in [6.45, 7) is 1.05. The third kappa shape index (κ3) is 1.84. The largest absolute Gasteiger partial charge is 0.565 e. The van der Waals surface area contributed by atoms with Gasteiger partial charge in [-0.1, -0.05) is 0 Å². The SMILES string of the molecule is BOc1c(C)c(=O)c(=O)c(=O)c(=O)c(=O)c1=O. The predicted octanol–water partition coefficient (Wildman–Crippen LogP) is -4.04. The zero-order valence-corrected chi connectivity index (χ0v) is 8.86. The summed E-state index contributed by atoms with van der Waals surface area (Å²) in [5.41, 5.74) is -10.2. The highest BCUT2D eigenvalue weighted by Crippen LogP contribution is 2.00. The molecule has 0 saturated heterocycles. The molecule has 0 bridgehead atoms. The van der Waals surface area contributed by atoms with E-state index in [2.05, 4.69) is 4.65 Å². The molecule has 0 fully saturated rings. The first-order valence-electron chi connectivity index (χ1n) is 4.34. The smallest absolute Gasteiger partial charge is 0.322 e. The van der Waals surface area contributed by atoms with Crippen LogP contribution in [0, 0.1) is 6.92 Å². The molecule has 0 aromatic heterocycles. The summed E-state index contributed by atoms with van der Waals surface area (Å²) in [4.78, 5) is 67.2. The Morgan fingerprint density at radius 3 is 1.47 bits per heavy atom. The number of rotatable bonds is 1. The van der Waals surface area contributed by atoms with Crippen molar-refractivity contribution in [2.24, 2.45) is 0 Å². The molecule has 0 saturated carbocycles. The monoisotopic (exact) mass is 236 g/mol. The minimum absolute atomic E-state index is 0.475. The summed E-state index contributed by atoms with van der Waals surface area (Å²) in [6.07, 6.45) is 0. The van der Waals surface area contributed by atoms with Gasteiger partial charge in [0, 0.05) is 5.56 Å². The second kappa shape index (κ2) is 4.24. The minimum Gasteiger partial charge on any atom is -0.565 e. The number of hydrogen-bond donors (Lipinski definition) is 0. The Morgan fingerprint density at radius 1 is 0.706 bits per heavy atom. The van der Waals surface area contributed by atoms with Crippen LogP contribution in [-0.2, 0) is 0 Å². The van der Waals surface area contributed by atoms with Gasteiger partial charge in [-0.15, -0.1) is 0 Å². The van der Waals surface area contributed by atoms with E-state index in [0.29, 0.717) is 0 Å². The van der Waals surface area contributed by atoms with Crippen LogP contribution in [0.15, 0.2) is 28.8 Å². The second-order valence-electron chi connectivity index (χ2n) is 3.13. The van der Waals surface area contributed by atoms with Crippen molar-refractivity contribution < 1.29 is 4.65 Å². The summed E-state index contributed by atoms with van der Waals surface area (Å²) in [6, 6.07) is 0. The molecule has 1 aromatic carbocycles. The molecule has 1 aromatic rings. The van der Waals surface area contributed by atoms with E-state index in [9.17, 15) is 28.8 Å². The second-order valence-corrected chi connectivity index (χ2v) is 3.13. The normalized spacial score (nSPS) is 9.94. The van der Waals surface area contributed by atoms with E-state index in [-0.39, 0.29) is 0 Å². The maximum absolute atomic E-state index is 11.4. The van der Waals surface area contributed by atoms with Crippen molar-refractivity contribution in [2.45, 2.75) is 6.92 Å². The standard InChI is InChI=1S/C9H5BO7/c1-2-3(11)4(12)5(13)6(14)7(15)8(16)9(2)17-10/h10H2,1H3. The molecule has 0 aliphatic carbocycles. The van der Waals surface area contributed by atoms with Crippen LogP contribution in [-0.4, -0.2) is 8.05 Å². The average molecular weight is 236 g/mol. The first kappa shape index (κ1) is 12.7. The van der Waals surface area contributed by atoms with Crippen LogP contribution in [0.5, 0.6) is 5.75 Å². The Morgan fingerprint density at radius 2 is 1.06 bits per heavy atom. The van der Waals surface area contributed by atoms with Crippen molar-refractivity contribution in [1.29, 1.82) is 0 Å². The lowest BCUT2D eigenvalue weighted by Gasteiger charge is -1.97. The van der Waals surface area contributed by atoms with Crippen LogP contribution in [0.3, 0.4) is 0 Å². The molecule has 7 nitrogen and oxygen atoms in total.